The largest absolute Gasteiger partial charge is 0.497 e. The Morgan fingerprint density at radius 2 is 2.00 bits per heavy atom. The summed E-state index contributed by atoms with van der Waals surface area (Å²) in [6.45, 7) is 2.17. The van der Waals surface area contributed by atoms with Gasteiger partial charge in [-0.3, -0.25) is 0 Å². The topological polar surface area (TPSA) is 35.5 Å². The Kier molecular flexibility index (Phi) is 4.13. The highest BCUT2D eigenvalue weighted by atomic mass is 16.5. The van der Waals surface area contributed by atoms with E-state index in [9.17, 15) is 4.79 Å². The van der Waals surface area contributed by atoms with E-state index in [-0.39, 0.29) is 6.10 Å². The van der Waals surface area contributed by atoms with Gasteiger partial charge in [-0.2, -0.15) is 0 Å². The van der Waals surface area contributed by atoms with Crippen molar-refractivity contribution < 1.29 is 14.3 Å². The fourth-order valence-electron chi connectivity index (χ4n) is 0.989. The lowest BCUT2D eigenvalue weighted by atomic mass is 10.2. The smallest absolute Gasteiger partial charge is 0.148 e. The molecule has 14 heavy (non-hydrogen) atoms. The number of benzene rings is 1. The Morgan fingerprint density at radius 1 is 1.36 bits per heavy atom. The molecule has 3 heteroatoms. The number of methoxy groups -OCH3 is 1. The van der Waals surface area contributed by atoms with Crippen LogP contribution in [0.1, 0.15) is 12.5 Å². The van der Waals surface area contributed by atoms with Crippen molar-refractivity contribution >= 4 is 6.29 Å². The van der Waals surface area contributed by atoms with Gasteiger partial charge in [-0.15, -0.1) is 0 Å². The Labute approximate surface area is 83.6 Å². The van der Waals surface area contributed by atoms with Crippen molar-refractivity contribution in [1.29, 1.82) is 0 Å². The van der Waals surface area contributed by atoms with E-state index in [2.05, 4.69) is 0 Å². The molecule has 1 aromatic carbocycles. The maximum atomic E-state index is 10.3. The van der Waals surface area contributed by atoms with Gasteiger partial charge in [-0.25, -0.2) is 0 Å². The van der Waals surface area contributed by atoms with Crippen LogP contribution >= 0.6 is 0 Å². The molecule has 0 aliphatic carbocycles. The fourth-order valence-corrected chi connectivity index (χ4v) is 0.989. The molecule has 0 saturated heterocycles. The quantitative estimate of drug-likeness (QED) is 0.670. The Balaban J connectivity index is 2.47. The molecule has 76 valence electrons. The van der Waals surface area contributed by atoms with Gasteiger partial charge in [0.05, 0.1) is 13.7 Å². The summed E-state index contributed by atoms with van der Waals surface area (Å²) in [5, 5.41) is 0. The van der Waals surface area contributed by atoms with Gasteiger partial charge in [0.25, 0.3) is 0 Å². The molecule has 3 nitrogen and oxygen atoms in total. The van der Waals surface area contributed by atoms with Crippen molar-refractivity contribution in [3.63, 3.8) is 0 Å². The number of carbonyl (C=O) groups is 1. The summed E-state index contributed by atoms with van der Waals surface area (Å²) in [6, 6.07) is 7.56. The van der Waals surface area contributed by atoms with Gasteiger partial charge in [-0.05, 0) is 24.6 Å². The normalized spacial score (nSPS) is 12.1. The Hall–Kier alpha value is -1.35. The monoisotopic (exact) mass is 194 g/mol. The molecule has 1 atom stereocenters. The van der Waals surface area contributed by atoms with Crippen molar-refractivity contribution in [2.24, 2.45) is 0 Å². The molecule has 0 amide bonds. The average molecular weight is 194 g/mol. The summed E-state index contributed by atoms with van der Waals surface area (Å²) >= 11 is 0. The standard InChI is InChI=1S/C11H14O3/c1-9(7-12)14-8-10-3-5-11(13-2)6-4-10/h3-7,9H,8H2,1-2H3/t9-/m0/s1. The van der Waals surface area contributed by atoms with E-state index in [1.807, 2.05) is 24.3 Å². The Bertz CT molecular complexity index is 279. The zero-order chi connectivity index (χ0) is 10.4. The zero-order valence-corrected chi connectivity index (χ0v) is 8.40. The first kappa shape index (κ1) is 10.7. The van der Waals surface area contributed by atoms with E-state index < -0.39 is 0 Å². The van der Waals surface area contributed by atoms with E-state index in [1.54, 1.807) is 14.0 Å². The summed E-state index contributed by atoms with van der Waals surface area (Å²) in [5.41, 5.74) is 1.03. The highest BCUT2D eigenvalue weighted by Gasteiger charge is 1.99. The minimum atomic E-state index is -0.350. The number of aldehydes is 1. The number of ether oxygens (including phenoxy) is 2. The van der Waals surface area contributed by atoms with Gasteiger partial charge in [0.1, 0.15) is 18.1 Å². The van der Waals surface area contributed by atoms with Gasteiger partial charge in [0, 0.05) is 0 Å². The highest BCUT2D eigenvalue weighted by molar-refractivity contribution is 5.55. The summed E-state index contributed by atoms with van der Waals surface area (Å²) in [4.78, 5) is 10.3. The second-order valence-electron chi connectivity index (χ2n) is 3.00. The number of hydrogen-bond donors (Lipinski definition) is 0. The molecule has 0 aliphatic rings. The van der Waals surface area contributed by atoms with Crippen LogP contribution < -0.4 is 4.74 Å². The van der Waals surface area contributed by atoms with Crippen LogP contribution in [0.4, 0.5) is 0 Å². The van der Waals surface area contributed by atoms with Crippen LogP contribution in [0, 0.1) is 0 Å². The van der Waals surface area contributed by atoms with Crippen molar-refractivity contribution in [2.45, 2.75) is 19.6 Å². The second-order valence-corrected chi connectivity index (χ2v) is 3.00. The van der Waals surface area contributed by atoms with E-state index in [4.69, 9.17) is 9.47 Å². The predicted molar refractivity (Wildman–Crippen MR) is 53.3 cm³/mol. The summed E-state index contributed by atoms with van der Waals surface area (Å²) in [7, 11) is 1.62. The first-order valence-corrected chi connectivity index (χ1v) is 4.46. The van der Waals surface area contributed by atoms with Crippen molar-refractivity contribution in [3.8, 4) is 5.75 Å². The van der Waals surface area contributed by atoms with Gasteiger partial charge >= 0.3 is 0 Å². The lowest BCUT2D eigenvalue weighted by Crippen LogP contribution is -2.08. The van der Waals surface area contributed by atoms with E-state index >= 15 is 0 Å². The molecule has 0 saturated carbocycles. The molecule has 0 fully saturated rings. The summed E-state index contributed by atoms with van der Waals surface area (Å²) in [5.74, 6) is 0.817. The third-order valence-corrected chi connectivity index (χ3v) is 1.86. The van der Waals surface area contributed by atoms with Crippen molar-refractivity contribution in [1.82, 2.24) is 0 Å². The summed E-state index contributed by atoms with van der Waals surface area (Å²) in [6.07, 6.45) is 0.431. The molecule has 0 N–H and O–H groups in total. The molecular weight excluding hydrogens is 180 g/mol. The van der Waals surface area contributed by atoms with Crippen LogP contribution in [0.15, 0.2) is 24.3 Å². The highest BCUT2D eigenvalue weighted by Crippen LogP contribution is 2.12. The Morgan fingerprint density at radius 3 is 2.50 bits per heavy atom. The molecule has 1 rings (SSSR count). The fraction of sp³-hybridized carbons (Fsp3) is 0.364. The van der Waals surface area contributed by atoms with Crippen LogP contribution in [-0.4, -0.2) is 19.5 Å². The molecule has 0 unspecified atom stereocenters. The maximum Gasteiger partial charge on any atom is 0.148 e. The zero-order valence-electron chi connectivity index (χ0n) is 8.40. The second kappa shape index (κ2) is 5.40. The lowest BCUT2D eigenvalue weighted by molar-refractivity contribution is -0.117. The first-order chi connectivity index (χ1) is 6.76. The molecule has 0 aliphatic heterocycles. The third-order valence-electron chi connectivity index (χ3n) is 1.86. The van der Waals surface area contributed by atoms with Crippen LogP contribution in [0.2, 0.25) is 0 Å². The molecule has 0 aromatic heterocycles. The van der Waals surface area contributed by atoms with Gasteiger partial charge in [-0.1, -0.05) is 12.1 Å². The minimum Gasteiger partial charge on any atom is -0.497 e. The minimum absolute atomic E-state index is 0.350. The molecule has 0 heterocycles. The van der Waals surface area contributed by atoms with Crippen LogP contribution in [0.5, 0.6) is 5.75 Å². The lowest BCUT2D eigenvalue weighted by Gasteiger charge is -2.06. The predicted octanol–water partition coefficient (Wildman–Crippen LogP) is 1.80. The van der Waals surface area contributed by atoms with E-state index in [1.165, 1.54) is 0 Å². The number of hydrogen-bond acceptors (Lipinski definition) is 3. The van der Waals surface area contributed by atoms with Crippen LogP contribution in [-0.2, 0) is 16.1 Å². The van der Waals surface area contributed by atoms with Gasteiger partial charge < -0.3 is 14.3 Å². The van der Waals surface area contributed by atoms with E-state index in [0.29, 0.717) is 6.61 Å². The van der Waals surface area contributed by atoms with Crippen molar-refractivity contribution in [3.05, 3.63) is 29.8 Å². The van der Waals surface area contributed by atoms with E-state index in [0.717, 1.165) is 17.6 Å². The average Bonchev–Trinajstić information content (AvgIpc) is 2.26. The SMILES string of the molecule is COc1ccc(CO[C@@H](C)C=O)cc1. The number of rotatable bonds is 5. The third kappa shape index (κ3) is 3.18. The summed E-state index contributed by atoms with van der Waals surface area (Å²) < 4.78 is 10.3. The van der Waals surface area contributed by atoms with Gasteiger partial charge in [0.2, 0.25) is 0 Å². The van der Waals surface area contributed by atoms with Gasteiger partial charge in [0.15, 0.2) is 0 Å². The molecule has 0 spiro atoms. The molecule has 1 aromatic rings. The van der Waals surface area contributed by atoms with Crippen molar-refractivity contribution in [2.75, 3.05) is 7.11 Å². The number of carbonyl (C=O) groups excluding carboxylic acids is 1. The molecular formula is C11H14O3. The maximum absolute atomic E-state index is 10.3. The molecule has 0 bridgehead atoms. The van der Waals surface area contributed by atoms with Crippen LogP contribution in [0.25, 0.3) is 0 Å². The first-order valence-electron chi connectivity index (χ1n) is 4.46. The molecule has 0 radical (unpaired) electrons. The van der Waals surface area contributed by atoms with Crippen LogP contribution in [0.3, 0.4) is 0 Å².